The van der Waals surface area contributed by atoms with E-state index in [1.807, 2.05) is 30.3 Å². The smallest absolute Gasteiger partial charge is 0.326 e. The lowest BCUT2D eigenvalue weighted by Gasteiger charge is -2.14. The Hall–Kier alpha value is -2.17. The topological polar surface area (TPSA) is 83.5 Å². The first kappa shape index (κ1) is 15.9. The number of benzene rings is 1. The van der Waals surface area contributed by atoms with E-state index in [0.717, 1.165) is 5.56 Å². The van der Waals surface area contributed by atoms with Gasteiger partial charge in [-0.2, -0.15) is 0 Å². The fourth-order valence-electron chi connectivity index (χ4n) is 1.81. The van der Waals surface area contributed by atoms with Crippen LogP contribution in [0.2, 0.25) is 0 Å². The third-order valence-electron chi connectivity index (χ3n) is 2.85. The third-order valence-corrected chi connectivity index (χ3v) is 2.85. The van der Waals surface area contributed by atoms with E-state index in [4.69, 9.17) is 5.11 Å². The van der Waals surface area contributed by atoms with E-state index < -0.39 is 12.0 Å². The number of rotatable bonds is 8. The minimum Gasteiger partial charge on any atom is -0.480 e. The van der Waals surface area contributed by atoms with Gasteiger partial charge in [0, 0.05) is 19.3 Å². The number of carboxylic acids is 1. The number of hydrogen-bond acceptors (Lipinski definition) is 3. The van der Waals surface area contributed by atoms with E-state index in [-0.39, 0.29) is 24.5 Å². The maximum Gasteiger partial charge on any atom is 0.326 e. The van der Waals surface area contributed by atoms with Crippen LogP contribution in [0.5, 0.6) is 0 Å². The van der Waals surface area contributed by atoms with Gasteiger partial charge >= 0.3 is 5.97 Å². The molecule has 5 heteroatoms. The van der Waals surface area contributed by atoms with Gasteiger partial charge in [0.1, 0.15) is 11.8 Å². The number of hydrogen-bond donors (Lipinski definition) is 2. The van der Waals surface area contributed by atoms with Gasteiger partial charge < -0.3 is 15.2 Å². The standard InChI is InChI=1S/C15H19NO4/c1-11(17)6-5-9-14(18)16-13(15(19)20)10-12-7-3-2-4-8-12/h2-4,7-8,13H,5-6,9-10H2,1H3,(H,16,18)(H,19,20). The minimum atomic E-state index is -1.06. The average molecular weight is 277 g/mol. The highest BCUT2D eigenvalue weighted by molar-refractivity contribution is 5.84. The van der Waals surface area contributed by atoms with Gasteiger partial charge in [-0.3, -0.25) is 4.79 Å². The van der Waals surface area contributed by atoms with Crippen LogP contribution < -0.4 is 5.32 Å². The van der Waals surface area contributed by atoms with Crippen molar-refractivity contribution in [2.24, 2.45) is 0 Å². The zero-order valence-electron chi connectivity index (χ0n) is 11.5. The zero-order valence-corrected chi connectivity index (χ0v) is 11.5. The van der Waals surface area contributed by atoms with Crippen molar-refractivity contribution in [3.05, 3.63) is 35.9 Å². The second-order valence-corrected chi connectivity index (χ2v) is 4.70. The molecule has 1 atom stereocenters. The molecule has 0 aliphatic heterocycles. The summed E-state index contributed by atoms with van der Waals surface area (Å²) in [7, 11) is 0. The Labute approximate surface area is 118 Å². The van der Waals surface area contributed by atoms with E-state index in [0.29, 0.717) is 12.8 Å². The van der Waals surface area contributed by atoms with Gasteiger partial charge in [0.2, 0.25) is 5.91 Å². The zero-order chi connectivity index (χ0) is 15.0. The first-order chi connectivity index (χ1) is 9.49. The first-order valence-corrected chi connectivity index (χ1v) is 6.54. The minimum absolute atomic E-state index is 0.0249. The second kappa shape index (κ2) is 8.09. The highest BCUT2D eigenvalue weighted by atomic mass is 16.4. The van der Waals surface area contributed by atoms with Gasteiger partial charge in [-0.25, -0.2) is 4.79 Å². The van der Waals surface area contributed by atoms with Gasteiger partial charge in [0.05, 0.1) is 0 Å². The number of Topliss-reactive ketones (excluding diaryl/α,β-unsaturated/α-hetero) is 1. The largest absolute Gasteiger partial charge is 0.480 e. The van der Waals surface area contributed by atoms with Crippen LogP contribution in [-0.2, 0) is 20.8 Å². The van der Waals surface area contributed by atoms with Crippen LogP contribution in [0.1, 0.15) is 31.7 Å². The quantitative estimate of drug-likeness (QED) is 0.755. The molecule has 0 aromatic heterocycles. The van der Waals surface area contributed by atoms with Crippen molar-refractivity contribution in [2.45, 2.75) is 38.6 Å². The molecule has 0 aliphatic carbocycles. The average Bonchev–Trinajstić information content (AvgIpc) is 2.38. The SMILES string of the molecule is CC(=O)CCCC(=O)NC(Cc1ccccc1)C(=O)O. The lowest BCUT2D eigenvalue weighted by molar-refractivity contribution is -0.141. The van der Waals surface area contributed by atoms with Crippen LogP contribution in [-0.4, -0.2) is 28.8 Å². The van der Waals surface area contributed by atoms with Crippen molar-refractivity contribution in [2.75, 3.05) is 0 Å². The summed E-state index contributed by atoms with van der Waals surface area (Å²) in [6, 6.07) is 8.18. The van der Waals surface area contributed by atoms with Gasteiger partial charge in [0.25, 0.3) is 0 Å². The molecule has 0 fully saturated rings. The molecule has 0 radical (unpaired) electrons. The monoisotopic (exact) mass is 277 g/mol. The lowest BCUT2D eigenvalue weighted by atomic mass is 10.1. The molecule has 0 aliphatic rings. The molecule has 0 heterocycles. The first-order valence-electron chi connectivity index (χ1n) is 6.54. The molecule has 0 spiro atoms. The second-order valence-electron chi connectivity index (χ2n) is 4.70. The van der Waals surface area contributed by atoms with E-state index in [1.54, 1.807) is 0 Å². The van der Waals surface area contributed by atoms with Gasteiger partial charge in [-0.05, 0) is 18.9 Å². The Bertz CT molecular complexity index is 470. The molecular weight excluding hydrogens is 258 g/mol. The van der Waals surface area contributed by atoms with Crippen LogP contribution in [0.4, 0.5) is 0 Å². The van der Waals surface area contributed by atoms with E-state index in [2.05, 4.69) is 5.32 Å². The van der Waals surface area contributed by atoms with Crippen LogP contribution in [0, 0.1) is 0 Å². The normalized spacial score (nSPS) is 11.7. The molecule has 20 heavy (non-hydrogen) atoms. The third kappa shape index (κ3) is 6.13. The lowest BCUT2D eigenvalue weighted by Crippen LogP contribution is -2.42. The maximum atomic E-state index is 11.6. The number of carbonyl (C=O) groups excluding carboxylic acids is 2. The van der Waals surface area contributed by atoms with E-state index in [9.17, 15) is 14.4 Å². The summed E-state index contributed by atoms with van der Waals surface area (Å²) in [5.41, 5.74) is 0.851. The predicted molar refractivity (Wildman–Crippen MR) is 74.2 cm³/mol. The van der Waals surface area contributed by atoms with E-state index in [1.165, 1.54) is 6.92 Å². The fraction of sp³-hybridized carbons (Fsp3) is 0.400. The van der Waals surface area contributed by atoms with Gasteiger partial charge in [-0.15, -0.1) is 0 Å². The maximum absolute atomic E-state index is 11.6. The molecule has 0 saturated heterocycles. The van der Waals surface area contributed by atoms with Crippen molar-refractivity contribution in [3.8, 4) is 0 Å². The van der Waals surface area contributed by atoms with Crippen LogP contribution in [0.3, 0.4) is 0 Å². The molecule has 1 unspecified atom stereocenters. The summed E-state index contributed by atoms with van der Waals surface area (Å²) in [4.78, 5) is 33.6. The summed E-state index contributed by atoms with van der Waals surface area (Å²) in [5.74, 6) is -1.37. The number of carboxylic acid groups (broad SMARTS) is 1. The molecule has 0 bridgehead atoms. The summed E-state index contributed by atoms with van der Waals surface area (Å²) < 4.78 is 0. The van der Waals surface area contributed by atoms with Crippen molar-refractivity contribution in [3.63, 3.8) is 0 Å². The Morgan fingerprint density at radius 3 is 2.35 bits per heavy atom. The highest BCUT2D eigenvalue weighted by Crippen LogP contribution is 2.04. The fourth-order valence-corrected chi connectivity index (χ4v) is 1.81. The molecule has 1 aromatic carbocycles. The Kier molecular flexibility index (Phi) is 6.43. The van der Waals surface area contributed by atoms with Crippen LogP contribution in [0.15, 0.2) is 30.3 Å². The molecule has 2 N–H and O–H groups in total. The van der Waals surface area contributed by atoms with Gasteiger partial charge in [-0.1, -0.05) is 30.3 Å². The number of amides is 1. The number of ketones is 1. The van der Waals surface area contributed by atoms with Gasteiger partial charge in [0.15, 0.2) is 0 Å². The molecule has 0 saturated carbocycles. The molecule has 5 nitrogen and oxygen atoms in total. The molecule has 1 rings (SSSR count). The number of aliphatic carboxylic acids is 1. The Morgan fingerprint density at radius 2 is 1.80 bits per heavy atom. The van der Waals surface area contributed by atoms with Crippen molar-refractivity contribution in [1.29, 1.82) is 0 Å². The van der Waals surface area contributed by atoms with Crippen molar-refractivity contribution in [1.82, 2.24) is 5.32 Å². The molecule has 1 aromatic rings. The van der Waals surface area contributed by atoms with E-state index >= 15 is 0 Å². The highest BCUT2D eigenvalue weighted by Gasteiger charge is 2.20. The molecule has 1 amide bonds. The molecule has 108 valence electrons. The van der Waals surface area contributed by atoms with Crippen molar-refractivity contribution < 1.29 is 19.5 Å². The summed E-state index contributed by atoms with van der Waals surface area (Å²) in [6.45, 7) is 1.47. The van der Waals surface area contributed by atoms with Crippen LogP contribution >= 0.6 is 0 Å². The molecular formula is C15H19NO4. The van der Waals surface area contributed by atoms with Crippen LogP contribution in [0.25, 0.3) is 0 Å². The Balaban J connectivity index is 2.49. The predicted octanol–water partition coefficient (Wildman–Crippen LogP) is 1.56. The summed E-state index contributed by atoms with van der Waals surface area (Å²) >= 11 is 0. The van der Waals surface area contributed by atoms with Crippen molar-refractivity contribution >= 4 is 17.7 Å². The summed E-state index contributed by atoms with van der Waals surface area (Å²) in [5, 5.41) is 11.6. The number of carbonyl (C=O) groups is 3. The number of nitrogens with one attached hydrogen (secondary N) is 1. The Morgan fingerprint density at radius 1 is 1.15 bits per heavy atom. The summed E-state index contributed by atoms with van der Waals surface area (Å²) in [6.07, 6.45) is 1.19.